The molecule has 6 heteroatoms. The highest BCUT2D eigenvalue weighted by Crippen LogP contribution is 2.28. The van der Waals surface area contributed by atoms with Gasteiger partial charge in [-0.25, -0.2) is 12.7 Å². The number of hydrogen-bond acceptors (Lipinski definition) is 4. The van der Waals surface area contributed by atoms with Gasteiger partial charge in [0.15, 0.2) is 0 Å². The zero-order valence-electron chi connectivity index (χ0n) is 13.0. The standard InChI is InChI=1S/C16H23NO4S/c1-12(2)22(20,21)17(14-6-4-3-5-7-14)16(19)13-8-10-15(18)11-9-13/h8-12,14,18H,3-7H2,1-2H3. The second-order valence-corrected chi connectivity index (χ2v) is 8.40. The lowest BCUT2D eigenvalue weighted by atomic mass is 9.95. The number of benzene rings is 1. The highest BCUT2D eigenvalue weighted by atomic mass is 32.2. The summed E-state index contributed by atoms with van der Waals surface area (Å²) in [5.74, 6) is -0.451. The molecule has 1 N–H and O–H groups in total. The average molecular weight is 325 g/mol. The van der Waals surface area contributed by atoms with Crippen molar-refractivity contribution in [2.75, 3.05) is 0 Å². The number of amides is 1. The van der Waals surface area contributed by atoms with Gasteiger partial charge in [-0.05, 0) is 51.0 Å². The van der Waals surface area contributed by atoms with Crippen LogP contribution in [0.4, 0.5) is 0 Å². The van der Waals surface area contributed by atoms with Crippen LogP contribution in [0, 0.1) is 0 Å². The van der Waals surface area contributed by atoms with E-state index in [1.165, 1.54) is 24.3 Å². The number of carbonyl (C=O) groups is 1. The highest BCUT2D eigenvalue weighted by molar-refractivity contribution is 7.90. The average Bonchev–Trinajstić information content (AvgIpc) is 2.48. The first-order chi connectivity index (χ1) is 10.3. The second kappa shape index (κ2) is 6.69. The van der Waals surface area contributed by atoms with Crippen LogP contribution in [0.1, 0.15) is 56.3 Å². The molecule has 0 unspecified atom stereocenters. The van der Waals surface area contributed by atoms with E-state index in [9.17, 15) is 18.3 Å². The van der Waals surface area contributed by atoms with Crippen LogP contribution < -0.4 is 0 Å². The van der Waals surface area contributed by atoms with Gasteiger partial charge in [0.1, 0.15) is 5.75 Å². The van der Waals surface area contributed by atoms with Crippen LogP contribution >= 0.6 is 0 Å². The van der Waals surface area contributed by atoms with E-state index in [-0.39, 0.29) is 17.4 Å². The molecule has 1 aromatic carbocycles. The summed E-state index contributed by atoms with van der Waals surface area (Å²) in [4.78, 5) is 12.8. The minimum atomic E-state index is -3.67. The van der Waals surface area contributed by atoms with Crippen LogP contribution in [0.25, 0.3) is 0 Å². The van der Waals surface area contributed by atoms with E-state index in [4.69, 9.17) is 0 Å². The second-order valence-electron chi connectivity index (χ2n) is 6.03. The number of aromatic hydroxyl groups is 1. The van der Waals surface area contributed by atoms with Crippen LogP contribution in [0.5, 0.6) is 5.75 Å². The Morgan fingerprint density at radius 2 is 1.68 bits per heavy atom. The van der Waals surface area contributed by atoms with E-state index in [0.29, 0.717) is 0 Å². The third-order valence-electron chi connectivity index (χ3n) is 4.09. The molecule has 0 atom stereocenters. The van der Waals surface area contributed by atoms with Gasteiger partial charge in [0.05, 0.1) is 5.25 Å². The van der Waals surface area contributed by atoms with Gasteiger partial charge in [0.25, 0.3) is 5.91 Å². The normalized spacial score (nSPS) is 16.7. The van der Waals surface area contributed by atoms with E-state index in [1.807, 2.05) is 0 Å². The van der Waals surface area contributed by atoms with Gasteiger partial charge in [0, 0.05) is 11.6 Å². The van der Waals surface area contributed by atoms with Crippen LogP contribution in [0.2, 0.25) is 0 Å². The van der Waals surface area contributed by atoms with Crippen LogP contribution in [0.3, 0.4) is 0 Å². The quantitative estimate of drug-likeness (QED) is 0.923. The lowest BCUT2D eigenvalue weighted by Gasteiger charge is -2.34. The number of rotatable bonds is 4. The molecule has 22 heavy (non-hydrogen) atoms. The summed E-state index contributed by atoms with van der Waals surface area (Å²) >= 11 is 0. The summed E-state index contributed by atoms with van der Waals surface area (Å²) < 4.78 is 26.4. The molecule has 122 valence electrons. The maximum Gasteiger partial charge on any atom is 0.267 e. The van der Waals surface area contributed by atoms with Crippen molar-refractivity contribution >= 4 is 15.9 Å². The van der Waals surface area contributed by atoms with Gasteiger partial charge in [-0.3, -0.25) is 4.79 Å². The van der Waals surface area contributed by atoms with E-state index in [0.717, 1.165) is 36.4 Å². The van der Waals surface area contributed by atoms with Gasteiger partial charge in [-0.2, -0.15) is 0 Å². The van der Waals surface area contributed by atoms with E-state index < -0.39 is 21.2 Å². The zero-order chi connectivity index (χ0) is 16.3. The first-order valence-corrected chi connectivity index (χ1v) is 9.21. The minimum absolute atomic E-state index is 0.0486. The summed E-state index contributed by atoms with van der Waals surface area (Å²) in [7, 11) is -3.67. The molecule has 1 fully saturated rings. The fourth-order valence-corrected chi connectivity index (χ4v) is 4.18. The SMILES string of the molecule is CC(C)S(=O)(=O)N(C(=O)c1ccc(O)cc1)C1CCCCC1. The molecule has 2 rings (SSSR count). The summed E-state index contributed by atoms with van der Waals surface area (Å²) in [5.41, 5.74) is 0.285. The summed E-state index contributed by atoms with van der Waals surface area (Å²) in [6.07, 6.45) is 4.40. The Labute approximate surface area is 132 Å². The topological polar surface area (TPSA) is 74.7 Å². The Balaban J connectivity index is 2.39. The maximum absolute atomic E-state index is 12.8. The zero-order valence-corrected chi connectivity index (χ0v) is 13.8. The Morgan fingerprint density at radius 3 is 2.18 bits per heavy atom. The number of hydrogen-bond donors (Lipinski definition) is 1. The molecule has 1 amide bonds. The van der Waals surface area contributed by atoms with Gasteiger partial charge >= 0.3 is 0 Å². The van der Waals surface area contributed by atoms with Crippen LogP contribution in [-0.2, 0) is 10.0 Å². The van der Waals surface area contributed by atoms with Crippen molar-refractivity contribution in [1.29, 1.82) is 0 Å². The fourth-order valence-electron chi connectivity index (χ4n) is 2.76. The van der Waals surface area contributed by atoms with Gasteiger partial charge in [-0.1, -0.05) is 19.3 Å². The molecule has 0 aliphatic heterocycles. The largest absolute Gasteiger partial charge is 0.508 e. The molecule has 5 nitrogen and oxygen atoms in total. The monoisotopic (exact) mass is 325 g/mol. The lowest BCUT2D eigenvalue weighted by molar-refractivity contribution is 0.0796. The Kier molecular flexibility index (Phi) is 5.11. The highest BCUT2D eigenvalue weighted by Gasteiger charge is 2.37. The summed E-state index contributed by atoms with van der Waals surface area (Å²) in [5, 5.41) is 8.69. The van der Waals surface area contributed by atoms with Crippen molar-refractivity contribution < 1.29 is 18.3 Å². The fraction of sp³-hybridized carbons (Fsp3) is 0.562. The molecule has 0 bridgehead atoms. The van der Waals surface area contributed by atoms with Gasteiger partial charge < -0.3 is 5.11 Å². The lowest BCUT2D eigenvalue weighted by Crippen LogP contribution is -2.48. The Bertz CT molecular complexity index is 616. The van der Waals surface area contributed by atoms with Gasteiger partial charge in [0.2, 0.25) is 10.0 Å². The third kappa shape index (κ3) is 3.43. The third-order valence-corrected chi connectivity index (χ3v) is 6.29. The van der Waals surface area contributed by atoms with Gasteiger partial charge in [-0.15, -0.1) is 0 Å². The van der Waals surface area contributed by atoms with Crippen LogP contribution in [-0.4, -0.2) is 35.0 Å². The van der Waals surface area contributed by atoms with Crippen molar-refractivity contribution in [2.24, 2.45) is 0 Å². The number of nitrogens with zero attached hydrogens (tertiary/aromatic N) is 1. The smallest absolute Gasteiger partial charge is 0.267 e. The van der Waals surface area contributed by atoms with Crippen molar-refractivity contribution in [3.05, 3.63) is 29.8 Å². The Hall–Kier alpha value is -1.56. The number of carbonyl (C=O) groups excluding carboxylic acids is 1. The van der Waals surface area contributed by atoms with E-state index in [2.05, 4.69) is 0 Å². The van der Waals surface area contributed by atoms with Crippen LogP contribution in [0.15, 0.2) is 24.3 Å². The first kappa shape index (κ1) is 16.8. The van der Waals surface area contributed by atoms with Crippen molar-refractivity contribution in [2.45, 2.75) is 57.2 Å². The molecule has 0 heterocycles. The number of phenols is 1. The molecule has 1 aliphatic carbocycles. The summed E-state index contributed by atoms with van der Waals surface area (Å²) in [6.45, 7) is 3.19. The first-order valence-electron chi connectivity index (χ1n) is 7.70. The molecule has 0 spiro atoms. The predicted octanol–water partition coefficient (Wildman–Crippen LogP) is 2.91. The molecular weight excluding hydrogens is 302 g/mol. The molecule has 1 saturated carbocycles. The summed E-state index contributed by atoms with van der Waals surface area (Å²) in [6, 6.07) is 5.46. The molecule has 1 aromatic rings. The molecule has 0 aromatic heterocycles. The minimum Gasteiger partial charge on any atom is -0.508 e. The van der Waals surface area contributed by atoms with Crippen molar-refractivity contribution in [1.82, 2.24) is 4.31 Å². The number of phenolic OH excluding ortho intramolecular Hbond substituents is 1. The Morgan fingerprint density at radius 1 is 1.14 bits per heavy atom. The predicted molar refractivity (Wildman–Crippen MR) is 85.2 cm³/mol. The van der Waals surface area contributed by atoms with Crippen molar-refractivity contribution in [3.8, 4) is 5.75 Å². The van der Waals surface area contributed by atoms with Crippen molar-refractivity contribution in [3.63, 3.8) is 0 Å². The number of sulfonamides is 1. The molecule has 0 radical (unpaired) electrons. The molecular formula is C16H23NO4S. The van der Waals surface area contributed by atoms with E-state index >= 15 is 0 Å². The molecule has 1 aliphatic rings. The maximum atomic E-state index is 12.8. The molecule has 0 saturated heterocycles. The van der Waals surface area contributed by atoms with E-state index in [1.54, 1.807) is 13.8 Å².